The summed E-state index contributed by atoms with van der Waals surface area (Å²) in [6, 6.07) is 4.75. The van der Waals surface area contributed by atoms with E-state index in [-0.39, 0.29) is 6.03 Å². The number of urea groups is 1. The molecule has 0 aliphatic heterocycles. The van der Waals surface area contributed by atoms with Crippen LogP contribution < -0.4 is 5.32 Å². The second-order valence-electron chi connectivity index (χ2n) is 2.74. The molecule has 4 nitrogen and oxygen atoms in total. The first-order valence-corrected chi connectivity index (χ1v) is 5.25. The molecule has 0 bridgehead atoms. The highest BCUT2D eigenvalue weighted by atomic mass is 79.9. The van der Waals surface area contributed by atoms with E-state index in [1.165, 1.54) is 14.2 Å². The Labute approximate surface area is 101 Å². The summed E-state index contributed by atoms with van der Waals surface area (Å²) in [5.74, 6) is 0. The topological polar surface area (TPSA) is 41.6 Å². The van der Waals surface area contributed by atoms with E-state index in [2.05, 4.69) is 21.2 Å². The van der Waals surface area contributed by atoms with E-state index in [1.807, 2.05) is 0 Å². The SMILES string of the molecule is CON(C)C(=O)Nc1ccc(Cl)c(Br)c1. The van der Waals surface area contributed by atoms with E-state index in [1.54, 1.807) is 18.2 Å². The van der Waals surface area contributed by atoms with Gasteiger partial charge in [-0.05, 0) is 34.1 Å². The molecule has 6 heteroatoms. The van der Waals surface area contributed by atoms with Crippen molar-refractivity contribution in [3.05, 3.63) is 27.7 Å². The molecule has 15 heavy (non-hydrogen) atoms. The Bertz CT molecular complexity index is 373. The van der Waals surface area contributed by atoms with Crippen LogP contribution in [0.4, 0.5) is 10.5 Å². The zero-order valence-corrected chi connectivity index (χ0v) is 10.6. The van der Waals surface area contributed by atoms with Crippen LogP contribution in [0.3, 0.4) is 0 Å². The van der Waals surface area contributed by atoms with Gasteiger partial charge in [-0.25, -0.2) is 9.86 Å². The predicted octanol–water partition coefficient (Wildman–Crippen LogP) is 3.13. The second kappa shape index (κ2) is 5.34. The van der Waals surface area contributed by atoms with Crippen LogP contribution in [0.25, 0.3) is 0 Å². The number of amides is 2. The molecule has 2 amide bonds. The first kappa shape index (κ1) is 12.3. The molecule has 82 valence electrons. The number of nitrogens with zero attached hydrogens (tertiary/aromatic N) is 1. The Morgan fingerprint density at radius 2 is 2.27 bits per heavy atom. The van der Waals surface area contributed by atoms with Gasteiger partial charge in [0, 0.05) is 17.2 Å². The lowest BCUT2D eigenvalue weighted by atomic mass is 10.3. The molecule has 0 saturated carbocycles. The van der Waals surface area contributed by atoms with Gasteiger partial charge in [-0.1, -0.05) is 11.6 Å². The average Bonchev–Trinajstić information content (AvgIpc) is 2.22. The largest absolute Gasteiger partial charge is 0.345 e. The van der Waals surface area contributed by atoms with Crippen molar-refractivity contribution in [3.8, 4) is 0 Å². The van der Waals surface area contributed by atoms with E-state index < -0.39 is 0 Å². The predicted molar refractivity (Wildman–Crippen MR) is 62.9 cm³/mol. The zero-order chi connectivity index (χ0) is 11.4. The zero-order valence-electron chi connectivity index (χ0n) is 8.25. The van der Waals surface area contributed by atoms with Crippen molar-refractivity contribution >= 4 is 39.2 Å². The Morgan fingerprint density at radius 3 is 2.80 bits per heavy atom. The summed E-state index contributed by atoms with van der Waals surface area (Å²) in [5, 5.41) is 4.31. The highest BCUT2D eigenvalue weighted by Crippen LogP contribution is 2.25. The molecule has 0 saturated heterocycles. The Balaban J connectivity index is 2.73. The van der Waals surface area contributed by atoms with E-state index in [9.17, 15) is 4.79 Å². The van der Waals surface area contributed by atoms with Gasteiger partial charge in [0.25, 0.3) is 0 Å². The van der Waals surface area contributed by atoms with Crippen molar-refractivity contribution in [2.45, 2.75) is 0 Å². The van der Waals surface area contributed by atoms with Crippen LogP contribution in [0, 0.1) is 0 Å². The maximum atomic E-state index is 11.4. The molecular formula is C9H10BrClN2O2. The van der Waals surface area contributed by atoms with Gasteiger partial charge in [0.1, 0.15) is 0 Å². The number of rotatable bonds is 2. The maximum Gasteiger partial charge on any atom is 0.345 e. The first-order chi connectivity index (χ1) is 7.04. The Hall–Kier alpha value is -0.780. The van der Waals surface area contributed by atoms with Gasteiger partial charge in [0.05, 0.1) is 12.1 Å². The fourth-order valence-electron chi connectivity index (χ4n) is 0.859. The van der Waals surface area contributed by atoms with Crippen molar-refractivity contribution in [1.29, 1.82) is 0 Å². The van der Waals surface area contributed by atoms with E-state index in [0.717, 1.165) is 9.54 Å². The number of hydrogen-bond donors (Lipinski definition) is 1. The van der Waals surface area contributed by atoms with Gasteiger partial charge >= 0.3 is 6.03 Å². The Kier molecular flexibility index (Phi) is 4.38. The number of anilines is 1. The second-order valence-corrected chi connectivity index (χ2v) is 4.00. The number of carbonyl (C=O) groups is 1. The summed E-state index contributed by atoms with van der Waals surface area (Å²) in [7, 11) is 2.93. The summed E-state index contributed by atoms with van der Waals surface area (Å²) in [6.07, 6.45) is 0. The van der Waals surface area contributed by atoms with Crippen LogP contribution in [-0.4, -0.2) is 25.3 Å². The minimum atomic E-state index is -0.355. The highest BCUT2D eigenvalue weighted by molar-refractivity contribution is 9.10. The third-order valence-corrected chi connectivity index (χ3v) is 2.94. The monoisotopic (exact) mass is 292 g/mol. The summed E-state index contributed by atoms with van der Waals surface area (Å²) < 4.78 is 0.724. The lowest BCUT2D eigenvalue weighted by Crippen LogP contribution is -2.30. The van der Waals surface area contributed by atoms with Gasteiger partial charge in [0.15, 0.2) is 0 Å². The molecule has 0 aliphatic carbocycles. The minimum absolute atomic E-state index is 0.355. The first-order valence-electron chi connectivity index (χ1n) is 4.08. The van der Waals surface area contributed by atoms with Crippen LogP contribution in [0.5, 0.6) is 0 Å². The number of nitrogens with one attached hydrogen (secondary N) is 1. The maximum absolute atomic E-state index is 11.4. The molecule has 0 unspecified atom stereocenters. The summed E-state index contributed by atoms with van der Waals surface area (Å²) >= 11 is 9.07. The van der Waals surface area contributed by atoms with Gasteiger partial charge in [-0.3, -0.25) is 4.84 Å². The normalized spacial score (nSPS) is 9.87. The van der Waals surface area contributed by atoms with Crippen molar-refractivity contribution in [1.82, 2.24) is 5.06 Å². The molecule has 0 fully saturated rings. The fourth-order valence-corrected chi connectivity index (χ4v) is 1.36. The number of hydrogen-bond acceptors (Lipinski definition) is 2. The van der Waals surface area contributed by atoms with Crippen molar-refractivity contribution in [2.75, 3.05) is 19.5 Å². The molecule has 1 aromatic rings. The molecule has 0 atom stereocenters. The van der Waals surface area contributed by atoms with Crippen LogP contribution in [0.15, 0.2) is 22.7 Å². The average molecular weight is 294 g/mol. The molecule has 0 aromatic heterocycles. The van der Waals surface area contributed by atoms with E-state index in [0.29, 0.717) is 10.7 Å². The third-order valence-electron chi connectivity index (χ3n) is 1.73. The van der Waals surface area contributed by atoms with Crippen molar-refractivity contribution < 1.29 is 9.63 Å². The number of carbonyl (C=O) groups excluding carboxylic acids is 1. The van der Waals surface area contributed by atoms with Crippen molar-refractivity contribution in [3.63, 3.8) is 0 Å². The molecule has 0 spiro atoms. The van der Waals surface area contributed by atoms with Crippen LogP contribution in [0.1, 0.15) is 0 Å². The summed E-state index contributed by atoms with van der Waals surface area (Å²) in [5.41, 5.74) is 0.639. The number of benzene rings is 1. The summed E-state index contributed by atoms with van der Waals surface area (Å²) in [4.78, 5) is 16.1. The van der Waals surface area contributed by atoms with Crippen molar-refractivity contribution in [2.24, 2.45) is 0 Å². The fraction of sp³-hybridized carbons (Fsp3) is 0.222. The van der Waals surface area contributed by atoms with Gasteiger partial charge in [0.2, 0.25) is 0 Å². The summed E-state index contributed by atoms with van der Waals surface area (Å²) in [6.45, 7) is 0. The molecule has 0 radical (unpaired) electrons. The third kappa shape index (κ3) is 3.37. The number of hydroxylamine groups is 2. The Morgan fingerprint density at radius 1 is 1.60 bits per heavy atom. The lowest BCUT2D eigenvalue weighted by molar-refractivity contribution is -0.0598. The molecule has 0 aliphatic rings. The van der Waals surface area contributed by atoms with Crippen LogP contribution in [0.2, 0.25) is 5.02 Å². The smallest absolute Gasteiger partial charge is 0.306 e. The number of halogens is 2. The highest BCUT2D eigenvalue weighted by Gasteiger charge is 2.08. The molecule has 1 N–H and O–H groups in total. The molecular weight excluding hydrogens is 283 g/mol. The van der Waals surface area contributed by atoms with Gasteiger partial charge < -0.3 is 5.32 Å². The molecule has 1 aromatic carbocycles. The van der Waals surface area contributed by atoms with Gasteiger partial charge in [-0.15, -0.1) is 0 Å². The van der Waals surface area contributed by atoms with Crippen LogP contribution in [-0.2, 0) is 4.84 Å². The quantitative estimate of drug-likeness (QED) is 0.851. The molecule has 0 heterocycles. The van der Waals surface area contributed by atoms with E-state index >= 15 is 0 Å². The van der Waals surface area contributed by atoms with Crippen LogP contribution >= 0.6 is 27.5 Å². The minimum Gasteiger partial charge on any atom is -0.306 e. The molecule has 1 rings (SSSR count). The lowest BCUT2D eigenvalue weighted by Gasteiger charge is -2.14. The standard InChI is InChI=1S/C9H10BrClN2O2/c1-13(15-2)9(14)12-6-3-4-8(11)7(10)5-6/h3-5H,1-2H3,(H,12,14). The van der Waals surface area contributed by atoms with Gasteiger partial charge in [-0.2, -0.15) is 0 Å². The van der Waals surface area contributed by atoms with E-state index in [4.69, 9.17) is 16.4 Å².